The van der Waals surface area contributed by atoms with Crippen molar-refractivity contribution in [3.63, 3.8) is 0 Å². The van der Waals surface area contributed by atoms with Gasteiger partial charge in [-0.1, -0.05) is 49.6 Å². The van der Waals surface area contributed by atoms with Crippen LogP contribution in [0.1, 0.15) is 66.8 Å². The zero-order chi connectivity index (χ0) is 22.2. The second-order valence-electron chi connectivity index (χ2n) is 9.30. The van der Waals surface area contributed by atoms with Crippen LogP contribution in [0.5, 0.6) is 5.75 Å². The first kappa shape index (κ1) is 20.4. The number of rotatable bonds is 5. The summed E-state index contributed by atoms with van der Waals surface area (Å²) in [7, 11) is 1.71. The molecule has 1 fully saturated rings. The van der Waals surface area contributed by atoms with Crippen molar-refractivity contribution in [3.8, 4) is 5.75 Å². The van der Waals surface area contributed by atoms with Crippen LogP contribution in [0, 0.1) is 0 Å². The van der Waals surface area contributed by atoms with Crippen LogP contribution >= 0.6 is 0 Å². The van der Waals surface area contributed by atoms with Gasteiger partial charge in [-0.15, -0.1) is 5.10 Å². The Bertz CT molecular complexity index is 1240. The quantitative estimate of drug-likeness (QED) is 0.480. The number of methoxy groups -OCH3 is 1. The SMILES string of the molecule is COc1ccc(C(c2nnnn2C2CCCCC2)N2CCc3c([nH]c4ccccc34)C2)cc1. The summed E-state index contributed by atoms with van der Waals surface area (Å²) < 4.78 is 7.54. The molecule has 2 aromatic heterocycles. The van der Waals surface area contributed by atoms with E-state index in [0.29, 0.717) is 6.04 Å². The van der Waals surface area contributed by atoms with E-state index < -0.39 is 0 Å². The maximum Gasteiger partial charge on any atom is 0.173 e. The smallest absolute Gasteiger partial charge is 0.173 e. The van der Waals surface area contributed by atoms with Gasteiger partial charge in [0.05, 0.1) is 19.2 Å². The minimum atomic E-state index is -0.00704. The molecule has 1 saturated carbocycles. The van der Waals surface area contributed by atoms with Crippen molar-refractivity contribution >= 4 is 10.9 Å². The van der Waals surface area contributed by atoms with Gasteiger partial charge >= 0.3 is 0 Å². The highest BCUT2D eigenvalue weighted by Gasteiger charge is 2.33. The van der Waals surface area contributed by atoms with Gasteiger partial charge in [0.15, 0.2) is 5.82 Å². The molecular formula is C26H30N6O. The monoisotopic (exact) mass is 442 g/mol. The molecule has 6 rings (SSSR count). The highest BCUT2D eigenvalue weighted by Crippen LogP contribution is 2.37. The van der Waals surface area contributed by atoms with Gasteiger partial charge in [-0.25, -0.2) is 4.68 Å². The van der Waals surface area contributed by atoms with Crippen molar-refractivity contribution in [2.75, 3.05) is 13.7 Å². The van der Waals surface area contributed by atoms with Gasteiger partial charge in [0, 0.05) is 29.7 Å². The summed E-state index contributed by atoms with van der Waals surface area (Å²) in [6.45, 7) is 1.81. The average molecular weight is 443 g/mol. The molecule has 1 N–H and O–H groups in total. The van der Waals surface area contributed by atoms with E-state index in [1.165, 1.54) is 47.0 Å². The lowest BCUT2D eigenvalue weighted by molar-refractivity contribution is 0.186. The molecule has 1 aliphatic carbocycles. The molecule has 7 nitrogen and oxygen atoms in total. The van der Waals surface area contributed by atoms with Crippen molar-refractivity contribution in [1.82, 2.24) is 30.1 Å². The molecule has 1 unspecified atom stereocenters. The van der Waals surface area contributed by atoms with Crippen LogP contribution in [0.3, 0.4) is 0 Å². The minimum absolute atomic E-state index is 0.00704. The van der Waals surface area contributed by atoms with Gasteiger partial charge in [-0.05, 0) is 59.0 Å². The van der Waals surface area contributed by atoms with Crippen molar-refractivity contribution in [2.24, 2.45) is 0 Å². The van der Waals surface area contributed by atoms with Crippen LogP contribution in [0.15, 0.2) is 48.5 Å². The summed E-state index contributed by atoms with van der Waals surface area (Å²) in [5, 5.41) is 14.6. The number of aromatic nitrogens is 5. The maximum absolute atomic E-state index is 5.42. The number of hydrogen-bond acceptors (Lipinski definition) is 5. The van der Waals surface area contributed by atoms with E-state index in [9.17, 15) is 0 Å². The Morgan fingerprint density at radius 3 is 2.67 bits per heavy atom. The molecule has 3 heterocycles. The fourth-order valence-electron chi connectivity index (χ4n) is 5.71. The summed E-state index contributed by atoms with van der Waals surface area (Å²) >= 11 is 0. The Balaban J connectivity index is 1.40. The first-order chi connectivity index (χ1) is 16.3. The van der Waals surface area contributed by atoms with Gasteiger partial charge < -0.3 is 9.72 Å². The molecule has 170 valence electrons. The number of H-pyrrole nitrogens is 1. The average Bonchev–Trinajstić information content (AvgIpc) is 3.50. The number of benzene rings is 2. The third-order valence-electron chi connectivity index (χ3n) is 7.39. The van der Waals surface area contributed by atoms with Crippen molar-refractivity contribution < 1.29 is 4.74 Å². The van der Waals surface area contributed by atoms with Gasteiger partial charge in [-0.3, -0.25) is 4.90 Å². The van der Waals surface area contributed by atoms with Crippen molar-refractivity contribution in [1.29, 1.82) is 0 Å². The van der Waals surface area contributed by atoms with Crippen LogP contribution in [0.4, 0.5) is 0 Å². The van der Waals surface area contributed by atoms with Crippen LogP contribution in [-0.2, 0) is 13.0 Å². The number of ether oxygens (including phenoxy) is 1. The standard InChI is InChI=1S/C26H30N6O/c1-33-20-13-11-18(12-14-20)25(26-28-29-30-32(26)19-7-3-2-4-8-19)31-16-15-22-21-9-5-6-10-23(21)27-24(22)17-31/h5-6,9-14,19,25,27H,2-4,7-8,15-17H2,1H3. The van der Waals surface area contributed by atoms with E-state index in [-0.39, 0.29) is 6.04 Å². The predicted octanol–water partition coefficient (Wildman–Crippen LogP) is 4.82. The Morgan fingerprint density at radius 2 is 1.85 bits per heavy atom. The Hall–Kier alpha value is -3.19. The Kier molecular flexibility index (Phi) is 5.34. The minimum Gasteiger partial charge on any atom is -0.497 e. The number of aromatic amines is 1. The predicted molar refractivity (Wildman–Crippen MR) is 127 cm³/mol. The highest BCUT2D eigenvalue weighted by atomic mass is 16.5. The highest BCUT2D eigenvalue weighted by molar-refractivity contribution is 5.84. The van der Waals surface area contributed by atoms with Crippen LogP contribution in [0.25, 0.3) is 10.9 Å². The summed E-state index contributed by atoms with van der Waals surface area (Å²) in [6, 6.07) is 17.4. The lowest BCUT2D eigenvalue weighted by atomic mass is 9.94. The first-order valence-corrected chi connectivity index (χ1v) is 12.1. The summed E-state index contributed by atoms with van der Waals surface area (Å²) in [5.41, 5.74) is 5.17. The molecule has 1 atom stereocenters. The summed E-state index contributed by atoms with van der Waals surface area (Å²) in [4.78, 5) is 6.19. The number of tetrazole rings is 1. The molecule has 0 spiro atoms. The molecule has 1 aliphatic heterocycles. The van der Waals surface area contributed by atoms with Crippen molar-refractivity contribution in [2.45, 2.75) is 57.2 Å². The summed E-state index contributed by atoms with van der Waals surface area (Å²) in [5.74, 6) is 1.81. The molecule has 0 amide bonds. The molecular weight excluding hydrogens is 412 g/mol. The number of nitrogens with zero attached hydrogens (tertiary/aromatic N) is 5. The third-order valence-corrected chi connectivity index (χ3v) is 7.39. The Labute approximate surface area is 193 Å². The number of para-hydroxylation sites is 1. The normalized spacial score (nSPS) is 18.3. The van der Waals surface area contributed by atoms with Gasteiger partial charge in [0.25, 0.3) is 0 Å². The summed E-state index contributed by atoms with van der Waals surface area (Å²) in [6.07, 6.45) is 7.12. The zero-order valence-electron chi connectivity index (χ0n) is 19.1. The molecule has 2 aliphatic rings. The fourth-order valence-corrected chi connectivity index (χ4v) is 5.71. The number of fused-ring (bicyclic) bond motifs is 3. The van der Waals surface area contributed by atoms with Crippen molar-refractivity contribution in [3.05, 3.63) is 71.2 Å². The second kappa shape index (κ2) is 8.63. The lowest BCUT2D eigenvalue weighted by Crippen LogP contribution is -2.36. The van der Waals surface area contributed by atoms with E-state index in [0.717, 1.165) is 43.9 Å². The topological polar surface area (TPSA) is 71.9 Å². The molecule has 7 heteroatoms. The molecule has 33 heavy (non-hydrogen) atoms. The number of hydrogen-bond donors (Lipinski definition) is 1. The van der Waals surface area contributed by atoms with Gasteiger partial charge in [-0.2, -0.15) is 0 Å². The lowest BCUT2D eigenvalue weighted by Gasteiger charge is -2.35. The molecule has 2 aromatic carbocycles. The first-order valence-electron chi connectivity index (χ1n) is 12.1. The maximum atomic E-state index is 5.42. The van der Waals surface area contributed by atoms with Gasteiger partial charge in [0.2, 0.25) is 0 Å². The largest absolute Gasteiger partial charge is 0.497 e. The van der Waals surface area contributed by atoms with E-state index in [1.54, 1.807) is 7.11 Å². The van der Waals surface area contributed by atoms with Gasteiger partial charge in [0.1, 0.15) is 5.75 Å². The molecule has 0 bridgehead atoms. The number of nitrogens with one attached hydrogen (secondary N) is 1. The second-order valence-corrected chi connectivity index (χ2v) is 9.30. The van der Waals surface area contributed by atoms with E-state index >= 15 is 0 Å². The molecule has 0 saturated heterocycles. The third kappa shape index (κ3) is 3.70. The van der Waals surface area contributed by atoms with E-state index in [4.69, 9.17) is 4.74 Å². The van der Waals surface area contributed by atoms with Crippen LogP contribution in [-0.4, -0.2) is 43.7 Å². The zero-order valence-corrected chi connectivity index (χ0v) is 19.1. The van der Waals surface area contributed by atoms with E-state index in [1.807, 2.05) is 12.1 Å². The Morgan fingerprint density at radius 1 is 1.03 bits per heavy atom. The van der Waals surface area contributed by atoms with E-state index in [2.05, 4.69) is 66.5 Å². The van der Waals surface area contributed by atoms with Crippen LogP contribution < -0.4 is 4.74 Å². The fraction of sp³-hybridized carbons (Fsp3) is 0.423. The van der Waals surface area contributed by atoms with Crippen LogP contribution in [0.2, 0.25) is 0 Å². The molecule has 4 aromatic rings. The molecule has 0 radical (unpaired) electrons.